The molecule has 0 aliphatic heterocycles. The van der Waals surface area contributed by atoms with Crippen molar-refractivity contribution in [1.82, 2.24) is 4.98 Å². The lowest BCUT2D eigenvalue weighted by Gasteiger charge is -2.13. The number of rotatable bonds is 2. The van der Waals surface area contributed by atoms with Crippen molar-refractivity contribution in [2.75, 3.05) is 0 Å². The Labute approximate surface area is 117 Å². The Hall–Kier alpha value is -2.26. The zero-order valence-corrected chi connectivity index (χ0v) is 10.5. The number of ether oxygens (including phenoxy) is 1. The first-order valence-electron chi connectivity index (χ1n) is 5.31. The van der Waals surface area contributed by atoms with Crippen molar-refractivity contribution in [3.63, 3.8) is 0 Å². The molecular weight excluding hydrogens is 293 g/mol. The van der Waals surface area contributed by atoms with E-state index in [2.05, 4.69) is 9.72 Å². The maximum Gasteiger partial charge on any atom is 0.573 e. The van der Waals surface area contributed by atoms with Crippen LogP contribution < -0.4 is 4.74 Å². The lowest BCUT2D eigenvalue weighted by atomic mass is 10.1. The molecule has 0 unspecified atom stereocenters. The van der Waals surface area contributed by atoms with Crippen LogP contribution >= 0.6 is 11.6 Å². The van der Waals surface area contributed by atoms with Gasteiger partial charge in [-0.2, -0.15) is 5.26 Å². The van der Waals surface area contributed by atoms with Gasteiger partial charge in [-0.25, -0.2) is 4.98 Å². The highest BCUT2D eigenvalue weighted by atomic mass is 35.5. The van der Waals surface area contributed by atoms with Gasteiger partial charge in [0.2, 0.25) is 0 Å². The van der Waals surface area contributed by atoms with E-state index in [0.29, 0.717) is 5.56 Å². The first kappa shape index (κ1) is 14.2. The monoisotopic (exact) mass is 298 g/mol. The number of para-hydroxylation sites is 1. The Morgan fingerprint density at radius 1 is 1.25 bits per heavy atom. The predicted octanol–water partition coefficient (Wildman–Crippen LogP) is 4.17. The average molecular weight is 299 g/mol. The molecule has 0 fully saturated rings. The summed E-state index contributed by atoms with van der Waals surface area (Å²) in [6.07, 6.45) is -3.52. The number of nitrogens with zero attached hydrogens (tertiary/aromatic N) is 2. The first-order chi connectivity index (χ1) is 9.40. The van der Waals surface area contributed by atoms with Crippen molar-refractivity contribution >= 4 is 11.6 Å². The molecule has 0 amide bonds. The highest BCUT2D eigenvalue weighted by molar-refractivity contribution is 6.30. The summed E-state index contributed by atoms with van der Waals surface area (Å²) in [6, 6.07) is 8.76. The minimum atomic E-state index is -4.80. The SMILES string of the molecule is N#Cc1cc(-c2ccccc2OC(F)(F)F)cnc1Cl. The molecule has 20 heavy (non-hydrogen) atoms. The topological polar surface area (TPSA) is 45.9 Å². The second-order valence-corrected chi connectivity index (χ2v) is 4.08. The van der Waals surface area contributed by atoms with Crippen LogP contribution in [0.4, 0.5) is 13.2 Å². The van der Waals surface area contributed by atoms with Gasteiger partial charge in [0.05, 0.1) is 5.56 Å². The standard InChI is InChI=1S/C13H6ClF3N2O/c14-12-8(6-18)5-9(7-19-12)10-3-1-2-4-11(10)20-13(15,16)17/h1-5,7H. The number of hydrogen-bond acceptors (Lipinski definition) is 3. The lowest BCUT2D eigenvalue weighted by Crippen LogP contribution is -2.17. The van der Waals surface area contributed by atoms with Gasteiger partial charge in [-0.15, -0.1) is 13.2 Å². The molecule has 0 saturated heterocycles. The molecule has 1 heterocycles. The van der Waals surface area contributed by atoms with Crippen LogP contribution in [0.2, 0.25) is 5.15 Å². The molecule has 0 saturated carbocycles. The molecule has 0 atom stereocenters. The van der Waals surface area contributed by atoms with Gasteiger partial charge in [0.1, 0.15) is 17.0 Å². The largest absolute Gasteiger partial charge is 0.573 e. The van der Waals surface area contributed by atoms with E-state index in [9.17, 15) is 13.2 Å². The van der Waals surface area contributed by atoms with Gasteiger partial charge in [0, 0.05) is 17.3 Å². The number of alkyl halides is 3. The Morgan fingerprint density at radius 3 is 2.60 bits per heavy atom. The molecule has 3 nitrogen and oxygen atoms in total. The van der Waals surface area contributed by atoms with E-state index in [0.717, 1.165) is 0 Å². The molecule has 0 aliphatic rings. The molecular formula is C13H6ClF3N2O. The van der Waals surface area contributed by atoms with Crippen molar-refractivity contribution in [2.45, 2.75) is 6.36 Å². The van der Waals surface area contributed by atoms with Gasteiger partial charge in [-0.3, -0.25) is 0 Å². The van der Waals surface area contributed by atoms with Crippen LogP contribution in [0, 0.1) is 11.3 Å². The quantitative estimate of drug-likeness (QED) is 0.782. The molecule has 0 bridgehead atoms. The molecule has 1 aromatic carbocycles. The maximum absolute atomic E-state index is 12.3. The highest BCUT2D eigenvalue weighted by Gasteiger charge is 2.32. The van der Waals surface area contributed by atoms with Crippen LogP contribution in [-0.4, -0.2) is 11.3 Å². The summed E-state index contributed by atoms with van der Waals surface area (Å²) in [7, 11) is 0. The molecule has 102 valence electrons. The van der Waals surface area contributed by atoms with E-state index in [4.69, 9.17) is 16.9 Å². The normalized spacial score (nSPS) is 10.9. The predicted molar refractivity (Wildman–Crippen MR) is 66.1 cm³/mol. The first-order valence-corrected chi connectivity index (χ1v) is 5.69. The van der Waals surface area contributed by atoms with E-state index in [1.807, 2.05) is 6.07 Å². The summed E-state index contributed by atoms with van der Waals surface area (Å²) in [5.74, 6) is -0.368. The molecule has 0 aliphatic carbocycles. The summed E-state index contributed by atoms with van der Waals surface area (Å²) in [5.41, 5.74) is 0.558. The number of benzene rings is 1. The lowest BCUT2D eigenvalue weighted by molar-refractivity contribution is -0.274. The minimum absolute atomic E-state index is 0.00882. The van der Waals surface area contributed by atoms with Gasteiger partial charge in [0.15, 0.2) is 0 Å². The van der Waals surface area contributed by atoms with Crippen molar-refractivity contribution in [1.29, 1.82) is 5.26 Å². The van der Waals surface area contributed by atoms with Crippen LogP contribution in [0.25, 0.3) is 11.1 Å². The van der Waals surface area contributed by atoms with E-state index < -0.39 is 6.36 Å². The molecule has 1 aromatic heterocycles. The second-order valence-electron chi connectivity index (χ2n) is 3.72. The Balaban J connectivity index is 2.51. The van der Waals surface area contributed by atoms with E-state index >= 15 is 0 Å². The van der Waals surface area contributed by atoms with Crippen molar-refractivity contribution in [2.24, 2.45) is 0 Å². The van der Waals surface area contributed by atoms with Crippen molar-refractivity contribution in [3.8, 4) is 22.9 Å². The number of aromatic nitrogens is 1. The smallest absolute Gasteiger partial charge is 0.405 e. The van der Waals surface area contributed by atoms with E-state index in [-0.39, 0.29) is 22.0 Å². The van der Waals surface area contributed by atoms with Gasteiger partial charge >= 0.3 is 6.36 Å². The summed E-state index contributed by atoms with van der Waals surface area (Å²) < 4.78 is 41.0. The number of halogens is 4. The zero-order valence-electron chi connectivity index (χ0n) is 9.78. The summed E-state index contributed by atoms with van der Waals surface area (Å²) in [6.45, 7) is 0. The van der Waals surface area contributed by atoms with E-state index in [1.54, 1.807) is 6.07 Å². The zero-order chi connectivity index (χ0) is 14.8. The summed E-state index contributed by atoms with van der Waals surface area (Å²) in [4.78, 5) is 3.77. The van der Waals surface area contributed by atoms with Gasteiger partial charge in [-0.1, -0.05) is 29.8 Å². The number of pyridine rings is 1. The summed E-state index contributed by atoms with van der Waals surface area (Å²) in [5, 5.41) is 8.85. The highest BCUT2D eigenvalue weighted by Crippen LogP contribution is 2.34. The number of nitriles is 1. The summed E-state index contributed by atoms with van der Waals surface area (Å²) >= 11 is 5.69. The third-order valence-corrected chi connectivity index (χ3v) is 2.68. The van der Waals surface area contributed by atoms with Crippen molar-refractivity contribution in [3.05, 3.63) is 47.2 Å². The van der Waals surface area contributed by atoms with Gasteiger partial charge < -0.3 is 4.74 Å². The number of hydrogen-bond donors (Lipinski definition) is 0. The molecule has 2 aromatic rings. The van der Waals surface area contributed by atoms with Crippen LogP contribution in [0.3, 0.4) is 0 Å². The molecule has 0 spiro atoms. The van der Waals surface area contributed by atoms with E-state index in [1.165, 1.54) is 30.5 Å². The fourth-order valence-corrected chi connectivity index (χ4v) is 1.74. The van der Waals surface area contributed by atoms with Crippen LogP contribution in [0.5, 0.6) is 5.75 Å². The molecule has 0 N–H and O–H groups in total. The second kappa shape index (κ2) is 5.39. The molecule has 0 radical (unpaired) electrons. The Bertz CT molecular complexity index is 680. The Morgan fingerprint density at radius 2 is 1.95 bits per heavy atom. The molecule has 7 heteroatoms. The van der Waals surface area contributed by atoms with Crippen LogP contribution in [0.1, 0.15) is 5.56 Å². The van der Waals surface area contributed by atoms with Crippen LogP contribution in [0.15, 0.2) is 36.5 Å². The third kappa shape index (κ3) is 3.19. The third-order valence-electron chi connectivity index (χ3n) is 2.38. The van der Waals surface area contributed by atoms with Gasteiger partial charge in [-0.05, 0) is 12.1 Å². The molecule has 2 rings (SSSR count). The van der Waals surface area contributed by atoms with Gasteiger partial charge in [0.25, 0.3) is 0 Å². The maximum atomic E-state index is 12.3. The minimum Gasteiger partial charge on any atom is -0.405 e. The Kier molecular flexibility index (Phi) is 3.81. The van der Waals surface area contributed by atoms with Crippen molar-refractivity contribution < 1.29 is 17.9 Å². The van der Waals surface area contributed by atoms with Crippen LogP contribution in [-0.2, 0) is 0 Å². The average Bonchev–Trinajstić information content (AvgIpc) is 2.38. The fourth-order valence-electron chi connectivity index (χ4n) is 1.59. The fraction of sp³-hybridized carbons (Fsp3) is 0.0769.